The number of hydrogen-bond acceptors (Lipinski definition) is 2. The first-order valence-electron chi connectivity index (χ1n) is 6.94. The van der Waals surface area contributed by atoms with Crippen LogP contribution in [0.4, 0.5) is 0 Å². The second kappa shape index (κ2) is 8.46. The summed E-state index contributed by atoms with van der Waals surface area (Å²) in [6, 6.07) is 9.22. The summed E-state index contributed by atoms with van der Waals surface area (Å²) in [6.07, 6.45) is 2.47. The topological polar surface area (TPSA) is 46.2 Å². The van der Waals surface area contributed by atoms with Gasteiger partial charge in [0.1, 0.15) is 0 Å². The second-order valence-electron chi connectivity index (χ2n) is 5.18. The molecular formula is C16H23NO2. The maximum atomic E-state index is 11.8. The van der Waals surface area contributed by atoms with Crippen LogP contribution in [0.2, 0.25) is 0 Å². The van der Waals surface area contributed by atoms with Crippen molar-refractivity contribution in [3.8, 4) is 0 Å². The molecule has 0 fully saturated rings. The standard InChI is InChI=1S/C16H23NO2/c1-13(2)11-12-17-16(19)10-6-9-15(18)14-7-4-3-5-8-14/h3-5,7-8,13H,6,9-12H2,1-2H3,(H,17,19). The summed E-state index contributed by atoms with van der Waals surface area (Å²) in [6.45, 7) is 4.98. The minimum atomic E-state index is 0.0431. The molecule has 0 aliphatic rings. The first-order valence-corrected chi connectivity index (χ1v) is 6.94. The Hall–Kier alpha value is -1.64. The van der Waals surface area contributed by atoms with Gasteiger partial charge in [0, 0.05) is 24.9 Å². The molecule has 0 aliphatic carbocycles. The minimum absolute atomic E-state index is 0.0431. The fourth-order valence-corrected chi connectivity index (χ4v) is 1.77. The number of rotatable bonds is 8. The zero-order valence-electron chi connectivity index (χ0n) is 11.8. The minimum Gasteiger partial charge on any atom is -0.356 e. The van der Waals surface area contributed by atoms with E-state index >= 15 is 0 Å². The molecule has 1 rings (SSSR count). The van der Waals surface area contributed by atoms with Gasteiger partial charge in [-0.2, -0.15) is 0 Å². The molecule has 1 N–H and O–H groups in total. The molecule has 0 radical (unpaired) electrons. The molecule has 0 aliphatic heterocycles. The number of carbonyl (C=O) groups excluding carboxylic acids is 2. The van der Waals surface area contributed by atoms with E-state index < -0.39 is 0 Å². The molecule has 0 aromatic heterocycles. The van der Waals surface area contributed by atoms with E-state index in [2.05, 4.69) is 19.2 Å². The van der Waals surface area contributed by atoms with E-state index in [1.807, 2.05) is 30.3 Å². The highest BCUT2D eigenvalue weighted by Gasteiger charge is 2.07. The van der Waals surface area contributed by atoms with Gasteiger partial charge in [-0.05, 0) is 18.8 Å². The summed E-state index contributed by atoms with van der Waals surface area (Å²) in [5.74, 6) is 0.747. The van der Waals surface area contributed by atoms with Crippen molar-refractivity contribution in [1.82, 2.24) is 5.32 Å². The normalized spacial score (nSPS) is 10.5. The first kappa shape index (κ1) is 15.4. The first-order chi connectivity index (χ1) is 9.09. The molecule has 0 saturated heterocycles. The molecule has 0 heterocycles. The third kappa shape index (κ3) is 6.75. The molecule has 104 valence electrons. The van der Waals surface area contributed by atoms with Gasteiger partial charge in [-0.1, -0.05) is 44.2 Å². The summed E-state index contributed by atoms with van der Waals surface area (Å²) >= 11 is 0. The SMILES string of the molecule is CC(C)CCNC(=O)CCCC(=O)c1ccccc1. The fourth-order valence-electron chi connectivity index (χ4n) is 1.77. The van der Waals surface area contributed by atoms with Crippen molar-refractivity contribution in [2.24, 2.45) is 5.92 Å². The van der Waals surface area contributed by atoms with E-state index in [9.17, 15) is 9.59 Å². The van der Waals surface area contributed by atoms with Crippen molar-refractivity contribution in [1.29, 1.82) is 0 Å². The summed E-state index contributed by atoms with van der Waals surface area (Å²) in [4.78, 5) is 23.3. The lowest BCUT2D eigenvalue weighted by Crippen LogP contribution is -2.25. The van der Waals surface area contributed by atoms with Crippen molar-refractivity contribution < 1.29 is 9.59 Å². The third-order valence-corrected chi connectivity index (χ3v) is 2.95. The van der Waals surface area contributed by atoms with E-state index in [0.717, 1.165) is 18.5 Å². The van der Waals surface area contributed by atoms with Gasteiger partial charge in [0.05, 0.1) is 0 Å². The lowest BCUT2D eigenvalue weighted by molar-refractivity contribution is -0.121. The van der Waals surface area contributed by atoms with E-state index in [1.165, 1.54) is 0 Å². The maximum absolute atomic E-state index is 11.8. The summed E-state index contributed by atoms with van der Waals surface area (Å²) in [5, 5.41) is 2.88. The molecule has 19 heavy (non-hydrogen) atoms. The van der Waals surface area contributed by atoms with E-state index in [1.54, 1.807) is 0 Å². The highest BCUT2D eigenvalue weighted by atomic mass is 16.1. The summed E-state index contributed by atoms with van der Waals surface area (Å²) in [7, 11) is 0. The largest absolute Gasteiger partial charge is 0.356 e. The van der Waals surface area contributed by atoms with Crippen LogP contribution in [-0.4, -0.2) is 18.2 Å². The quantitative estimate of drug-likeness (QED) is 0.730. The molecular weight excluding hydrogens is 238 g/mol. The Kier molecular flexibility index (Phi) is 6.86. The molecule has 0 atom stereocenters. The van der Waals surface area contributed by atoms with Gasteiger partial charge in [-0.25, -0.2) is 0 Å². The number of carbonyl (C=O) groups is 2. The Morgan fingerprint density at radius 1 is 1.11 bits per heavy atom. The number of hydrogen-bond donors (Lipinski definition) is 1. The lowest BCUT2D eigenvalue weighted by atomic mass is 10.1. The molecule has 0 spiro atoms. The van der Waals surface area contributed by atoms with Crippen LogP contribution in [0.5, 0.6) is 0 Å². The van der Waals surface area contributed by atoms with Crippen molar-refractivity contribution >= 4 is 11.7 Å². The van der Waals surface area contributed by atoms with Crippen LogP contribution >= 0.6 is 0 Å². The third-order valence-electron chi connectivity index (χ3n) is 2.95. The molecule has 1 amide bonds. The molecule has 3 heteroatoms. The van der Waals surface area contributed by atoms with Crippen LogP contribution in [-0.2, 0) is 4.79 Å². The fraction of sp³-hybridized carbons (Fsp3) is 0.500. The zero-order chi connectivity index (χ0) is 14.1. The molecule has 3 nitrogen and oxygen atoms in total. The van der Waals surface area contributed by atoms with E-state index in [4.69, 9.17) is 0 Å². The molecule has 1 aromatic carbocycles. The van der Waals surface area contributed by atoms with E-state index in [-0.39, 0.29) is 11.7 Å². The van der Waals surface area contributed by atoms with Crippen LogP contribution in [0.1, 0.15) is 49.9 Å². The average molecular weight is 261 g/mol. The van der Waals surface area contributed by atoms with Crippen LogP contribution in [0, 0.1) is 5.92 Å². The van der Waals surface area contributed by atoms with Crippen molar-refractivity contribution in [2.75, 3.05) is 6.54 Å². The van der Waals surface area contributed by atoms with Crippen molar-refractivity contribution in [3.63, 3.8) is 0 Å². The summed E-state index contributed by atoms with van der Waals surface area (Å²) < 4.78 is 0. The van der Waals surface area contributed by atoms with Gasteiger partial charge in [0.2, 0.25) is 5.91 Å². The Morgan fingerprint density at radius 3 is 2.42 bits per heavy atom. The highest BCUT2D eigenvalue weighted by Crippen LogP contribution is 2.06. The van der Waals surface area contributed by atoms with Crippen LogP contribution in [0.3, 0.4) is 0 Å². The number of Topliss-reactive ketones (excluding diaryl/α,β-unsaturated/α-hetero) is 1. The van der Waals surface area contributed by atoms with Gasteiger partial charge in [0.15, 0.2) is 5.78 Å². The average Bonchev–Trinajstić information content (AvgIpc) is 2.39. The van der Waals surface area contributed by atoms with Crippen LogP contribution < -0.4 is 5.32 Å². The van der Waals surface area contributed by atoms with Gasteiger partial charge >= 0.3 is 0 Å². The monoisotopic (exact) mass is 261 g/mol. The molecule has 0 unspecified atom stereocenters. The predicted molar refractivity (Wildman–Crippen MR) is 77.1 cm³/mol. The molecule has 0 bridgehead atoms. The van der Waals surface area contributed by atoms with E-state index in [0.29, 0.717) is 25.2 Å². The Balaban J connectivity index is 2.16. The van der Waals surface area contributed by atoms with Crippen LogP contribution in [0.25, 0.3) is 0 Å². The smallest absolute Gasteiger partial charge is 0.220 e. The second-order valence-corrected chi connectivity index (χ2v) is 5.18. The highest BCUT2D eigenvalue weighted by molar-refractivity contribution is 5.96. The van der Waals surface area contributed by atoms with Crippen molar-refractivity contribution in [2.45, 2.75) is 39.5 Å². The summed E-state index contributed by atoms with van der Waals surface area (Å²) in [5.41, 5.74) is 0.725. The Bertz CT molecular complexity index is 398. The van der Waals surface area contributed by atoms with Gasteiger partial charge < -0.3 is 5.32 Å². The Labute approximate surface area is 115 Å². The number of benzene rings is 1. The lowest BCUT2D eigenvalue weighted by Gasteiger charge is -2.07. The number of amides is 1. The predicted octanol–water partition coefficient (Wildman–Crippen LogP) is 3.20. The molecule has 0 saturated carbocycles. The zero-order valence-corrected chi connectivity index (χ0v) is 11.8. The van der Waals surface area contributed by atoms with Crippen molar-refractivity contribution in [3.05, 3.63) is 35.9 Å². The van der Waals surface area contributed by atoms with Gasteiger partial charge in [0.25, 0.3) is 0 Å². The Morgan fingerprint density at radius 2 is 1.79 bits per heavy atom. The molecule has 1 aromatic rings. The van der Waals surface area contributed by atoms with Gasteiger partial charge in [-0.15, -0.1) is 0 Å². The number of nitrogens with one attached hydrogen (secondary N) is 1. The van der Waals surface area contributed by atoms with Crippen LogP contribution in [0.15, 0.2) is 30.3 Å². The maximum Gasteiger partial charge on any atom is 0.220 e. The van der Waals surface area contributed by atoms with Gasteiger partial charge in [-0.3, -0.25) is 9.59 Å². The number of ketones is 1.